The van der Waals surface area contributed by atoms with Crippen LogP contribution in [0.25, 0.3) is 60.4 Å². The predicted molar refractivity (Wildman–Crippen MR) is 174 cm³/mol. The fourth-order valence-electron chi connectivity index (χ4n) is 7.58. The number of allylic oxidation sites excluding steroid dienone is 1. The second kappa shape index (κ2) is 9.19. The van der Waals surface area contributed by atoms with Crippen molar-refractivity contribution in [2.24, 2.45) is 0 Å². The van der Waals surface area contributed by atoms with Crippen LogP contribution in [0.4, 0.5) is 0 Å². The van der Waals surface area contributed by atoms with E-state index in [4.69, 9.17) is 16.0 Å². The third kappa shape index (κ3) is 3.71. The maximum absolute atomic E-state index is 6.65. The molecule has 0 amide bonds. The number of aromatic nitrogens is 3. The first-order chi connectivity index (χ1) is 21.0. The SMILES string of the molecule is C=C1CC2C(CCc3ccc4c(oc5nc(C)ccc54)c3-c3cc4ccsc4c[n+]31)c1ccccc1-c1ccc(C)c[n+]12. The summed E-state index contributed by atoms with van der Waals surface area (Å²) in [5.74, 6) is 0.350. The van der Waals surface area contributed by atoms with Crippen LogP contribution in [0.1, 0.15) is 47.2 Å². The molecule has 2 aromatic carbocycles. The van der Waals surface area contributed by atoms with Crippen molar-refractivity contribution in [1.82, 2.24) is 4.98 Å². The van der Waals surface area contributed by atoms with Crippen molar-refractivity contribution in [2.75, 3.05) is 0 Å². The number of pyridine rings is 3. The molecule has 7 aromatic rings. The molecule has 43 heavy (non-hydrogen) atoms. The average molecular weight is 578 g/mol. The van der Waals surface area contributed by atoms with Gasteiger partial charge in [-0.3, -0.25) is 0 Å². The zero-order valence-corrected chi connectivity index (χ0v) is 25.1. The van der Waals surface area contributed by atoms with Gasteiger partial charge in [-0.05, 0) is 80.1 Å². The number of hydrogen-bond donors (Lipinski definition) is 0. The smallest absolute Gasteiger partial charge is 0.227 e. The van der Waals surface area contributed by atoms with Gasteiger partial charge >= 0.3 is 0 Å². The molecule has 208 valence electrons. The summed E-state index contributed by atoms with van der Waals surface area (Å²) in [7, 11) is 0. The van der Waals surface area contributed by atoms with E-state index in [1.807, 2.05) is 6.92 Å². The summed E-state index contributed by atoms with van der Waals surface area (Å²) >= 11 is 1.78. The monoisotopic (exact) mass is 577 g/mol. The molecule has 5 heteroatoms. The van der Waals surface area contributed by atoms with Crippen LogP contribution >= 0.6 is 11.3 Å². The molecule has 0 bridgehead atoms. The molecule has 0 fully saturated rings. The molecule has 7 heterocycles. The fourth-order valence-corrected chi connectivity index (χ4v) is 8.37. The molecule has 2 aliphatic rings. The number of rotatable bonds is 0. The highest BCUT2D eigenvalue weighted by Gasteiger charge is 2.42. The number of fused-ring (bicyclic) bond motifs is 14. The average Bonchev–Trinajstić information content (AvgIpc) is 3.63. The van der Waals surface area contributed by atoms with E-state index >= 15 is 0 Å². The van der Waals surface area contributed by atoms with Gasteiger partial charge < -0.3 is 4.42 Å². The van der Waals surface area contributed by atoms with E-state index in [1.165, 1.54) is 38.0 Å². The molecule has 4 nitrogen and oxygen atoms in total. The van der Waals surface area contributed by atoms with Crippen molar-refractivity contribution in [2.45, 2.75) is 45.1 Å². The lowest BCUT2D eigenvalue weighted by atomic mass is 9.77. The van der Waals surface area contributed by atoms with Gasteiger partial charge in [-0.1, -0.05) is 30.3 Å². The Kier molecular flexibility index (Phi) is 5.33. The molecule has 5 aromatic heterocycles. The van der Waals surface area contributed by atoms with Crippen LogP contribution in [0.15, 0.2) is 102 Å². The second-order valence-electron chi connectivity index (χ2n) is 12.2. The van der Waals surface area contributed by atoms with Crippen molar-refractivity contribution < 1.29 is 13.6 Å². The minimum absolute atomic E-state index is 0.264. The third-order valence-corrected chi connectivity index (χ3v) is 10.5. The van der Waals surface area contributed by atoms with Gasteiger partial charge in [-0.2, -0.15) is 9.13 Å². The molecule has 0 radical (unpaired) electrons. The summed E-state index contributed by atoms with van der Waals surface area (Å²) < 4.78 is 12.8. The molecule has 2 aliphatic heterocycles. The molecule has 0 spiro atoms. The van der Waals surface area contributed by atoms with E-state index in [0.29, 0.717) is 11.6 Å². The highest BCUT2D eigenvalue weighted by Crippen LogP contribution is 2.45. The maximum atomic E-state index is 6.65. The highest BCUT2D eigenvalue weighted by molar-refractivity contribution is 7.17. The van der Waals surface area contributed by atoms with Crippen LogP contribution in [0, 0.1) is 13.8 Å². The van der Waals surface area contributed by atoms with Gasteiger partial charge in [0.05, 0.1) is 16.7 Å². The van der Waals surface area contributed by atoms with Crippen LogP contribution in [0.2, 0.25) is 0 Å². The van der Waals surface area contributed by atoms with Gasteiger partial charge in [0.2, 0.25) is 17.1 Å². The zero-order chi connectivity index (χ0) is 28.8. The Morgan fingerprint density at radius 3 is 2.74 bits per heavy atom. The minimum Gasteiger partial charge on any atom is -0.437 e. The largest absolute Gasteiger partial charge is 0.437 e. The molecular weight excluding hydrogens is 547 g/mol. The molecule has 0 saturated heterocycles. The first-order valence-corrected chi connectivity index (χ1v) is 16.0. The number of nitrogens with zero attached hydrogens (tertiary/aromatic N) is 3. The number of thiophene rings is 1. The van der Waals surface area contributed by atoms with Crippen LogP contribution in [-0.4, -0.2) is 4.98 Å². The molecule has 2 atom stereocenters. The molecular formula is C38H31N3OS+2. The van der Waals surface area contributed by atoms with Crippen molar-refractivity contribution >= 4 is 49.2 Å². The van der Waals surface area contributed by atoms with Gasteiger partial charge in [-0.15, -0.1) is 11.3 Å². The van der Waals surface area contributed by atoms with Gasteiger partial charge in [0.25, 0.3) is 0 Å². The summed E-state index contributed by atoms with van der Waals surface area (Å²) in [5.41, 5.74) is 12.6. The Morgan fingerprint density at radius 2 is 1.81 bits per heavy atom. The number of aryl methyl sites for hydroxylation is 3. The lowest BCUT2D eigenvalue weighted by Crippen LogP contribution is -2.49. The van der Waals surface area contributed by atoms with E-state index in [2.05, 4.69) is 107 Å². The van der Waals surface area contributed by atoms with Crippen molar-refractivity contribution in [1.29, 1.82) is 0 Å². The predicted octanol–water partition coefficient (Wildman–Crippen LogP) is 8.87. The Bertz CT molecular complexity index is 2290. The first kappa shape index (κ1) is 24.9. The fraction of sp³-hybridized carbons (Fsp3) is 0.184. The first-order valence-electron chi connectivity index (χ1n) is 15.1. The summed E-state index contributed by atoms with van der Waals surface area (Å²) in [5, 5.41) is 5.60. The van der Waals surface area contributed by atoms with Crippen LogP contribution in [0.3, 0.4) is 0 Å². The molecule has 2 unspecified atom stereocenters. The van der Waals surface area contributed by atoms with E-state index in [9.17, 15) is 0 Å². The summed E-state index contributed by atoms with van der Waals surface area (Å²) in [6.45, 7) is 8.99. The van der Waals surface area contributed by atoms with Crippen molar-refractivity contribution in [3.63, 3.8) is 0 Å². The van der Waals surface area contributed by atoms with E-state index < -0.39 is 0 Å². The number of benzene rings is 2. The maximum Gasteiger partial charge on any atom is 0.227 e. The van der Waals surface area contributed by atoms with E-state index in [-0.39, 0.29) is 6.04 Å². The molecule has 0 N–H and O–H groups in total. The summed E-state index contributed by atoms with van der Waals surface area (Å²) in [6.07, 6.45) is 7.46. The third-order valence-electron chi connectivity index (χ3n) is 9.61. The number of hydrogen-bond acceptors (Lipinski definition) is 3. The molecule has 0 aliphatic carbocycles. The molecule has 0 saturated carbocycles. The lowest BCUT2D eigenvalue weighted by molar-refractivity contribution is -0.720. The standard InChI is InChI=1S/C38H31N3OS/c1-22-8-15-32-28-7-5-4-6-27(28)29-13-10-25-11-14-30-31-12-9-23(2)39-38(31)42-37(30)36(25)34-19-26-16-17-43-35(26)21-40(34)24(3)18-33(29)41(32)20-22/h4-9,11-12,14-17,19-21,29,33H,3,10,13,18H2,1-2H3/q+2. The Hall–Kier alpha value is -4.61. The molecule has 9 rings (SSSR count). The van der Waals surface area contributed by atoms with Crippen LogP contribution in [-0.2, 0) is 6.42 Å². The Morgan fingerprint density at radius 1 is 0.930 bits per heavy atom. The van der Waals surface area contributed by atoms with E-state index in [1.54, 1.807) is 11.3 Å². The topological polar surface area (TPSA) is 33.8 Å². The van der Waals surface area contributed by atoms with Gasteiger partial charge in [0.15, 0.2) is 29.7 Å². The number of furan rings is 1. The van der Waals surface area contributed by atoms with Crippen molar-refractivity contribution in [3.8, 4) is 22.5 Å². The summed E-state index contributed by atoms with van der Waals surface area (Å²) in [6, 6.07) is 27.1. The van der Waals surface area contributed by atoms with Crippen molar-refractivity contribution in [3.05, 3.63) is 120 Å². The van der Waals surface area contributed by atoms with E-state index in [0.717, 1.165) is 58.3 Å². The zero-order valence-electron chi connectivity index (χ0n) is 24.3. The lowest BCUT2D eigenvalue weighted by Gasteiger charge is -2.31. The van der Waals surface area contributed by atoms with Crippen LogP contribution in [0.5, 0.6) is 0 Å². The normalized spacial score (nSPS) is 17.8. The minimum atomic E-state index is 0.264. The Labute approximate surface area is 254 Å². The van der Waals surface area contributed by atoms with Gasteiger partial charge in [0, 0.05) is 51.0 Å². The summed E-state index contributed by atoms with van der Waals surface area (Å²) in [4.78, 5) is 4.77. The van der Waals surface area contributed by atoms with Gasteiger partial charge in [0.1, 0.15) is 0 Å². The Balaban J connectivity index is 1.33. The van der Waals surface area contributed by atoms with Crippen LogP contribution < -0.4 is 9.13 Å². The quantitative estimate of drug-likeness (QED) is 0.169. The van der Waals surface area contributed by atoms with Gasteiger partial charge in [-0.25, -0.2) is 4.98 Å². The second-order valence-corrected chi connectivity index (χ2v) is 13.2. The highest BCUT2D eigenvalue weighted by atomic mass is 32.1.